The molecule has 0 heterocycles. The zero-order valence-electron chi connectivity index (χ0n) is 10.4. The van der Waals surface area contributed by atoms with E-state index in [1.165, 1.54) is 0 Å². The van der Waals surface area contributed by atoms with E-state index in [0.717, 1.165) is 5.56 Å². The Balaban J connectivity index is 2.46. The van der Waals surface area contributed by atoms with Gasteiger partial charge in [0.2, 0.25) is 0 Å². The highest BCUT2D eigenvalue weighted by Crippen LogP contribution is 2.23. The molecular weight excluding hydrogens is 291 g/mol. The lowest BCUT2D eigenvalue weighted by Crippen LogP contribution is -2.18. The van der Waals surface area contributed by atoms with Gasteiger partial charge in [0.25, 0.3) is 0 Å². The maximum absolute atomic E-state index is 11.3. The first-order chi connectivity index (χ1) is 8.88. The third-order valence-electron chi connectivity index (χ3n) is 2.38. The van der Waals surface area contributed by atoms with E-state index in [2.05, 4.69) is 0 Å². The maximum Gasteiger partial charge on any atom is 0.306 e. The summed E-state index contributed by atoms with van der Waals surface area (Å²) in [6.45, 7) is 1.74. The summed E-state index contributed by atoms with van der Waals surface area (Å²) in [6.07, 6.45) is -0.201. The van der Waals surface area contributed by atoms with Gasteiger partial charge in [-0.3, -0.25) is 9.59 Å². The first-order valence-electron chi connectivity index (χ1n) is 5.73. The molecule has 0 bridgehead atoms. The van der Waals surface area contributed by atoms with Crippen molar-refractivity contribution in [2.45, 2.75) is 32.3 Å². The minimum atomic E-state index is -1.02. The molecule has 19 heavy (non-hydrogen) atoms. The van der Waals surface area contributed by atoms with Gasteiger partial charge in [0, 0.05) is 6.42 Å². The summed E-state index contributed by atoms with van der Waals surface area (Å²) < 4.78 is 5.10. The van der Waals surface area contributed by atoms with Crippen molar-refractivity contribution in [2.75, 3.05) is 0 Å². The Morgan fingerprint density at radius 2 is 1.95 bits per heavy atom. The molecule has 1 aromatic rings. The van der Waals surface area contributed by atoms with Crippen molar-refractivity contribution >= 4 is 35.1 Å². The van der Waals surface area contributed by atoms with Crippen LogP contribution in [-0.2, 0) is 20.7 Å². The fourth-order valence-corrected chi connectivity index (χ4v) is 1.85. The average Bonchev–Trinajstić information content (AvgIpc) is 2.31. The minimum absolute atomic E-state index is 0.124. The number of halogens is 2. The second-order valence-electron chi connectivity index (χ2n) is 4.15. The highest BCUT2D eigenvalue weighted by Gasteiger charge is 2.12. The van der Waals surface area contributed by atoms with Crippen LogP contribution in [-0.4, -0.2) is 23.1 Å². The number of rotatable bonds is 6. The SMILES string of the molecule is C[C@@H](Cc1ccc(Cl)c(Cl)c1)OC(=O)CCC(=O)O. The fraction of sp³-hybridized carbons (Fsp3) is 0.385. The molecule has 104 valence electrons. The topological polar surface area (TPSA) is 63.6 Å². The van der Waals surface area contributed by atoms with E-state index < -0.39 is 11.9 Å². The molecule has 0 amide bonds. The molecule has 4 nitrogen and oxygen atoms in total. The first-order valence-corrected chi connectivity index (χ1v) is 6.49. The van der Waals surface area contributed by atoms with E-state index in [-0.39, 0.29) is 18.9 Å². The van der Waals surface area contributed by atoms with Gasteiger partial charge >= 0.3 is 11.9 Å². The molecule has 0 fully saturated rings. The van der Waals surface area contributed by atoms with Crippen molar-refractivity contribution in [3.63, 3.8) is 0 Å². The number of ether oxygens (including phenoxy) is 1. The predicted octanol–water partition coefficient (Wildman–Crippen LogP) is 3.33. The third kappa shape index (κ3) is 5.94. The van der Waals surface area contributed by atoms with Crippen LogP contribution in [0.15, 0.2) is 18.2 Å². The predicted molar refractivity (Wildman–Crippen MR) is 72.6 cm³/mol. The number of hydrogen-bond donors (Lipinski definition) is 1. The smallest absolute Gasteiger partial charge is 0.306 e. The Labute approximate surface area is 121 Å². The van der Waals surface area contributed by atoms with Crippen LogP contribution in [0.4, 0.5) is 0 Å². The molecule has 0 aromatic heterocycles. The third-order valence-corrected chi connectivity index (χ3v) is 3.12. The Bertz CT molecular complexity index is 474. The number of esters is 1. The van der Waals surface area contributed by atoms with Crippen molar-refractivity contribution in [1.29, 1.82) is 0 Å². The normalized spacial score (nSPS) is 11.9. The van der Waals surface area contributed by atoms with Crippen LogP contribution in [0.2, 0.25) is 10.0 Å². The quantitative estimate of drug-likeness (QED) is 0.819. The van der Waals surface area contributed by atoms with Crippen LogP contribution in [0.1, 0.15) is 25.3 Å². The molecule has 0 aliphatic rings. The van der Waals surface area contributed by atoms with E-state index in [1.54, 1.807) is 25.1 Å². The number of carboxylic acid groups (broad SMARTS) is 1. The summed E-state index contributed by atoms with van der Waals surface area (Å²) in [6, 6.07) is 5.19. The lowest BCUT2D eigenvalue weighted by Gasteiger charge is -2.13. The summed E-state index contributed by atoms with van der Waals surface area (Å²) in [7, 11) is 0. The van der Waals surface area contributed by atoms with Crippen molar-refractivity contribution in [2.24, 2.45) is 0 Å². The molecule has 0 spiro atoms. The van der Waals surface area contributed by atoms with Crippen LogP contribution in [0.5, 0.6) is 0 Å². The van der Waals surface area contributed by atoms with Gasteiger partial charge < -0.3 is 9.84 Å². The van der Waals surface area contributed by atoms with Gasteiger partial charge in [0.15, 0.2) is 0 Å². The Kier molecular flexibility index (Phi) is 6.12. The van der Waals surface area contributed by atoms with Gasteiger partial charge in [0.05, 0.1) is 22.9 Å². The van der Waals surface area contributed by atoms with Gasteiger partial charge in [-0.15, -0.1) is 0 Å². The lowest BCUT2D eigenvalue weighted by molar-refractivity contribution is -0.151. The molecule has 0 aliphatic heterocycles. The number of benzene rings is 1. The van der Waals surface area contributed by atoms with Crippen molar-refractivity contribution < 1.29 is 19.4 Å². The number of aliphatic carboxylic acids is 1. The summed E-state index contributed by atoms with van der Waals surface area (Å²) >= 11 is 11.7. The summed E-state index contributed by atoms with van der Waals surface area (Å²) in [5.41, 5.74) is 0.896. The standard InChI is InChI=1S/C13H14Cl2O4/c1-8(19-13(18)5-4-12(16)17)6-9-2-3-10(14)11(15)7-9/h2-3,7-8H,4-6H2,1H3,(H,16,17)/t8-/m0/s1. The van der Waals surface area contributed by atoms with E-state index in [0.29, 0.717) is 16.5 Å². The number of hydrogen-bond acceptors (Lipinski definition) is 3. The average molecular weight is 305 g/mol. The van der Waals surface area contributed by atoms with Crippen LogP contribution in [0.25, 0.3) is 0 Å². The van der Waals surface area contributed by atoms with E-state index >= 15 is 0 Å². The molecule has 0 saturated carbocycles. The lowest BCUT2D eigenvalue weighted by atomic mass is 10.1. The minimum Gasteiger partial charge on any atom is -0.481 e. The second-order valence-corrected chi connectivity index (χ2v) is 4.96. The van der Waals surface area contributed by atoms with Gasteiger partial charge in [-0.25, -0.2) is 0 Å². The zero-order chi connectivity index (χ0) is 14.4. The molecule has 0 aliphatic carbocycles. The summed E-state index contributed by atoms with van der Waals surface area (Å²) in [4.78, 5) is 21.7. The Morgan fingerprint density at radius 3 is 2.53 bits per heavy atom. The van der Waals surface area contributed by atoms with Crippen molar-refractivity contribution in [3.05, 3.63) is 33.8 Å². The molecule has 0 saturated heterocycles. The van der Waals surface area contributed by atoms with Gasteiger partial charge in [-0.2, -0.15) is 0 Å². The van der Waals surface area contributed by atoms with Crippen LogP contribution in [0, 0.1) is 0 Å². The summed E-state index contributed by atoms with van der Waals surface area (Å²) in [5.74, 6) is -1.54. The number of carboxylic acids is 1. The van der Waals surface area contributed by atoms with Crippen LogP contribution >= 0.6 is 23.2 Å². The van der Waals surface area contributed by atoms with Gasteiger partial charge in [0.1, 0.15) is 6.10 Å². The molecule has 0 radical (unpaired) electrons. The van der Waals surface area contributed by atoms with Crippen LogP contribution in [0.3, 0.4) is 0 Å². The van der Waals surface area contributed by atoms with Gasteiger partial charge in [-0.1, -0.05) is 29.3 Å². The largest absolute Gasteiger partial charge is 0.481 e. The molecule has 1 N–H and O–H groups in total. The van der Waals surface area contributed by atoms with E-state index in [1.807, 2.05) is 0 Å². The fourth-order valence-electron chi connectivity index (χ4n) is 1.53. The molecule has 6 heteroatoms. The monoisotopic (exact) mass is 304 g/mol. The number of carbonyl (C=O) groups is 2. The van der Waals surface area contributed by atoms with Crippen LogP contribution < -0.4 is 0 Å². The highest BCUT2D eigenvalue weighted by atomic mass is 35.5. The molecule has 1 rings (SSSR count). The van der Waals surface area contributed by atoms with E-state index in [4.69, 9.17) is 33.0 Å². The highest BCUT2D eigenvalue weighted by molar-refractivity contribution is 6.42. The maximum atomic E-state index is 11.3. The Morgan fingerprint density at radius 1 is 1.26 bits per heavy atom. The second kappa shape index (κ2) is 7.36. The summed E-state index contributed by atoms with van der Waals surface area (Å²) in [5, 5.41) is 9.37. The van der Waals surface area contributed by atoms with E-state index in [9.17, 15) is 9.59 Å². The van der Waals surface area contributed by atoms with Crippen molar-refractivity contribution in [3.8, 4) is 0 Å². The first kappa shape index (κ1) is 15.8. The zero-order valence-corrected chi connectivity index (χ0v) is 11.9. The molecular formula is C13H14Cl2O4. The molecule has 0 unspecified atom stereocenters. The number of carbonyl (C=O) groups excluding carboxylic acids is 1. The van der Waals surface area contributed by atoms with Crippen molar-refractivity contribution in [1.82, 2.24) is 0 Å². The van der Waals surface area contributed by atoms with Gasteiger partial charge in [-0.05, 0) is 24.6 Å². The molecule has 1 aromatic carbocycles. The Hall–Kier alpha value is -1.26. The molecule has 1 atom stereocenters.